The molecule has 0 spiro atoms. The fraction of sp³-hybridized carbons (Fsp3) is 0.611. The van der Waals surface area contributed by atoms with Crippen LogP contribution in [0.25, 0.3) is 0 Å². The number of aliphatic hydroxyl groups is 1. The van der Waals surface area contributed by atoms with Gasteiger partial charge in [0.25, 0.3) is 0 Å². The van der Waals surface area contributed by atoms with Crippen LogP contribution in [0.1, 0.15) is 44.2 Å². The fourth-order valence-corrected chi connectivity index (χ4v) is 3.49. The molecule has 1 fully saturated rings. The van der Waals surface area contributed by atoms with Crippen LogP contribution >= 0.6 is 0 Å². The Balaban J connectivity index is 1.61. The third-order valence-corrected chi connectivity index (χ3v) is 5.09. The predicted octanol–water partition coefficient (Wildman–Crippen LogP) is 2.70. The molecule has 4 N–H and O–H groups in total. The maximum Gasteiger partial charge on any atom is 0.193 e. The molecule has 120 valence electrons. The van der Waals surface area contributed by atoms with Gasteiger partial charge in [0.1, 0.15) is 0 Å². The second kappa shape index (κ2) is 5.92. The number of aliphatic imine (C=N–C) groups is 1. The molecule has 0 bridgehead atoms. The lowest BCUT2D eigenvalue weighted by molar-refractivity contribution is 0.0549. The van der Waals surface area contributed by atoms with Gasteiger partial charge in [-0.1, -0.05) is 19.9 Å². The van der Waals surface area contributed by atoms with Gasteiger partial charge in [0, 0.05) is 11.1 Å². The molecule has 0 aliphatic heterocycles. The van der Waals surface area contributed by atoms with E-state index in [1.807, 2.05) is 0 Å². The van der Waals surface area contributed by atoms with Gasteiger partial charge in [0.05, 0.1) is 12.6 Å². The summed E-state index contributed by atoms with van der Waals surface area (Å²) in [5.41, 5.74) is 9.87. The standard InChI is InChI=1S/C18H27N3O/c1-12(2)16(22)18(8-9-18)11-20-17(19)21-15-7-6-13-4-3-5-14(13)10-15/h6-7,10,12,16,22H,3-5,8-9,11H2,1-2H3,(H3,19,20,21). The van der Waals surface area contributed by atoms with Crippen molar-refractivity contribution in [3.8, 4) is 0 Å². The van der Waals surface area contributed by atoms with Crippen molar-refractivity contribution in [3.63, 3.8) is 0 Å². The number of aliphatic hydroxyl groups excluding tert-OH is 1. The number of benzene rings is 1. The molecule has 0 aromatic heterocycles. The molecular formula is C18H27N3O. The number of hydrogen-bond acceptors (Lipinski definition) is 2. The molecule has 0 saturated heterocycles. The first-order chi connectivity index (χ1) is 10.5. The monoisotopic (exact) mass is 301 g/mol. The number of nitrogens with zero attached hydrogens (tertiary/aromatic N) is 1. The van der Waals surface area contributed by atoms with E-state index in [1.165, 1.54) is 24.0 Å². The third-order valence-electron chi connectivity index (χ3n) is 5.09. The Morgan fingerprint density at radius 2 is 2.05 bits per heavy atom. The first kappa shape index (κ1) is 15.3. The van der Waals surface area contributed by atoms with Gasteiger partial charge in [0.15, 0.2) is 5.96 Å². The molecule has 2 aliphatic rings. The fourth-order valence-electron chi connectivity index (χ4n) is 3.49. The van der Waals surface area contributed by atoms with Crippen LogP contribution in [0.2, 0.25) is 0 Å². The van der Waals surface area contributed by atoms with Crippen LogP contribution in [0.5, 0.6) is 0 Å². The van der Waals surface area contributed by atoms with Crippen LogP contribution in [0, 0.1) is 11.3 Å². The highest BCUT2D eigenvalue weighted by molar-refractivity contribution is 5.92. The highest BCUT2D eigenvalue weighted by atomic mass is 16.3. The second-order valence-electron chi connectivity index (χ2n) is 7.21. The number of nitrogens with two attached hydrogens (primary N) is 1. The first-order valence-electron chi connectivity index (χ1n) is 8.37. The minimum absolute atomic E-state index is 0.0433. The van der Waals surface area contributed by atoms with Gasteiger partial charge in [0.2, 0.25) is 0 Å². The molecule has 1 aromatic carbocycles. The van der Waals surface area contributed by atoms with E-state index in [0.717, 1.165) is 24.9 Å². The van der Waals surface area contributed by atoms with E-state index in [1.54, 1.807) is 0 Å². The molecule has 3 rings (SSSR count). The summed E-state index contributed by atoms with van der Waals surface area (Å²) in [5.74, 6) is 0.712. The Labute approximate surface area is 132 Å². The molecule has 4 heteroatoms. The van der Waals surface area contributed by atoms with E-state index in [-0.39, 0.29) is 17.4 Å². The molecule has 1 unspecified atom stereocenters. The summed E-state index contributed by atoms with van der Waals surface area (Å²) >= 11 is 0. The Hall–Kier alpha value is -1.55. The highest BCUT2D eigenvalue weighted by Gasteiger charge is 2.49. The van der Waals surface area contributed by atoms with Crippen LogP contribution in [0.4, 0.5) is 5.69 Å². The summed E-state index contributed by atoms with van der Waals surface area (Å²) in [4.78, 5) is 4.47. The van der Waals surface area contributed by atoms with Crippen LogP contribution in [-0.2, 0) is 12.8 Å². The van der Waals surface area contributed by atoms with Crippen molar-refractivity contribution < 1.29 is 5.11 Å². The predicted molar refractivity (Wildman–Crippen MR) is 91.1 cm³/mol. The molecule has 1 atom stereocenters. The Bertz CT molecular complexity index is 576. The van der Waals surface area contributed by atoms with E-state index in [4.69, 9.17) is 5.73 Å². The molecule has 1 saturated carbocycles. The summed E-state index contributed by atoms with van der Waals surface area (Å²) in [7, 11) is 0. The Morgan fingerprint density at radius 1 is 1.32 bits per heavy atom. The molecule has 0 radical (unpaired) electrons. The molecule has 22 heavy (non-hydrogen) atoms. The summed E-state index contributed by atoms with van der Waals surface area (Å²) in [6.07, 6.45) is 5.39. The number of fused-ring (bicyclic) bond motifs is 1. The minimum atomic E-state index is -0.288. The first-order valence-corrected chi connectivity index (χ1v) is 8.37. The van der Waals surface area contributed by atoms with E-state index in [9.17, 15) is 5.11 Å². The largest absolute Gasteiger partial charge is 0.392 e. The van der Waals surface area contributed by atoms with E-state index in [2.05, 4.69) is 42.4 Å². The number of rotatable bonds is 5. The Morgan fingerprint density at radius 3 is 2.73 bits per heavy atom. The lowest BCUT2D eigenvalue weighted by atomic mass is 9.90. The van der Waals surface area contributed by atoms with Crippen LogP contribution in [-0.4, -0.2) is 23.7 Å². The smallest absolute Gasteiger partial charge is 0.193 e. The van der Waals surface area contributed by atoms with Crippen molar-refractivity contribution in [1.82, 2.24) is 0 Å². The Kier molecular flexibility index (Phi) is 4.13. The average molecular weight is 301 g/mol. The van der Waals surface area contributed by atoms with E-state index >= 15 is 0 Å². The van der Waals surface area contributed by atoms with Gasteiger partial charge in [-0.25, -0.2) is 0 Å². The highest BCUT2D eigenvalue weighted by Crippen LogP contribution is 2.50. The van der Waals surface area contributed by atoms with E-state index < -0.39 is 0 Å². The van der Waals surface area contributed by atoms with E-state index in [0.29, 0.717) is 12.5 Å². The molecular weight excluding hydrogens is 274 g/mol. The van der Waals surface area contributed by atoms with Gasteiger partial charge < -0.3 is 16.2 Å². The normalized spacial score (nSPS) is 20.8. The number of aryl methyl sites for hydroxylation is 2. The van der Waals surface area contributed by atoms with Gasteiger partial charge >= 0.3 is 0 Å². The number of guanidine groups is 1. The number of anilines is 1. The minimum Gasteiger partial charge on any atom is -0.392 e. The van der Waals surface area contributed by atoms with Crippen molar-refractivity contribution in [2.24, 2.45) is 22.1 Å². The molecule has 0 amide bonds. The van der Waals surface area contributed by atoms with Gasteiger partial charge in [-0.2, -0.15) is 0 Å². The topological polar surface area (TPSA) is 70.6 Å². The summed E-state index contributed by atoms with van der Waals surface area (Å²) in [6, 6.07) is 6.44. The third kappa shape index (κ3) is 3.12. The van der Waals surface area contributed by atoms with Gasteiger partial charge in [-0.3, -0.25) is 4.99 Å². The zero-order chi connectivity index (χ0) is 15.7. The van der Waals surface area contributed by atoms with Crippen LogP contribution < -0.4 is 11.1 Å². The summed E-state index contributed by atoms with van der Waals surface area (Å²) in [5, 5.41) is 13.5. The van der Waals surface area contributed by atoms with Crippen LogP contribution in [0.15, 0.2) is 23.2 Å². The second-order valence-corrected chi connectivity index (χ2v) is 7.21. The van der Waals surface area contributed by atoms with Gasteiger partial charge in [-0.15, -0.1) is 0 Å². The number of hydrogen-bond donors (Lipinski definition) is 3. The molecule has 2 aliphatic carbocycles. The lowest BCUT2D eigenvalue weighted by Crippen LogP contribution is -2.31. The van der Waals surface area contributed by atoms with Crippen molar-refractivity contribution in [2.45, 2.75) is 52.1 Å². The average Bonchev–Trinajstić information content (AvgIpc) is 3.14. The maximum atomic E-state index is 10.3. The quantitative estimate of drug-likeness (QED) is 0.578. The van der Waals surface area contributed by atoms with Crippen molar-refractivity contribution in [3.05, 3.63) is 29.3 Å². The van der Waals surface area contributed by atoms with Crippen molar-refractivity contribution in [1.29, 1.82) is 0 Å². The molecule has 1 aromatic rings. The maximum absolute atomic E-state index is 10.3. The number of nitrogens with one attached hydrogen (secondary N) is 1. The summed E-state index contributed by atoms with van der Waals surface area (Å²) < 4.78 is 0. The zero-order valence-electron chi connectivity index (χ0n) is 13.6. The van der Waals surface area contributed by atoms with Crippen molar-refractivity contribution in [2.75, 3.05) is 11.9 Å². The molecule has 4 nitrogen and oxygen atoms in total. The SMILES string of the molecule is CC(C)C(O)C1(CN=C(N)Nc2ccc3c(c2)CCC3)CC1. The summed E-state index contributed by atoms with van der Waals surface area (Å²) in [6.45, 7) is 4.72. The van der Waals surface area contributed by atoms with Gasteiger partial charge in [-0.05, 0) is 61.3 Å². The molecule has 0 heterocycles. The van der Waals surface area contributed by atoms with Crippen molar-refractivity contribution >= 4 is 11.6 Å². The van der Waals surface area contributed by atoms with Crippen LogP contribution in [0.3, 0.4) is 0 Å². The lowest BCUT2D eigenvalue weighted by Gasteiger charge is -2.24. The zero-order valence-corrected chi connectivity index (χ0v) is 13.6.